The maximum atomic E-state index is 13.4. The van der Waals surface area contributed by atoms with Gasteiger partial charge in [-0.3, -0.25) is 19.5 Å². The fourth-order valence-electron chi connectivity index (χ4n) is 4.07. The molecule has 1 aliphatic carbocycles. The predicted octanol–water partition coefficient (Wildman–Crippen LogP) is 3.82. The molecule has 3 unspecified atom stereocenters. The molecule has 2 aromatic heterocycles. The molecule has 8 nitrogen and oxygen atoms in total. The van der Waals surface area contributed by atoms with Crippen molar-refractivity contribution in [2.75, 3.05) is 11.1 Å². The molecule has 9 heteroatoms. The summed E-state index contributed by atoms with van der Waals surface area (Å²) >= 11 is 1.26. The minimum Gasteiger partial charge on any atom is -0.408 e. The molecule has 1 amide bonds. The van der Waals surface area contributed by atoms with Gasteiger partial charge >= 0.3 is 6.01 Å². The number of para-hydroxylation sites is 1. The fourth-order valence-corrected chi connectivity index (χ4v) is 4.92. The van der Waals surface area contributed by atoms with Gasteiger partial charge in [-0.1, -0.05) is 55.7 Å². The molecule has 1 aromatic carbocycles. The summed E-state index contributed by atoms with van der Waals surface area (Å²) < 4.78 is 7.01. The average molecular weight is 428 g/mol. The van der Waals surface area contributed by atoms with Gasteiger partial charge < -0.3 is 4.42 Å². The van der Waals surface area contributed by atoms with Crippen LogP contribution in [0.3, 0.4) is 0 Å². The molecular weight excluding hydrogens is 402 g/mol. The van der Waals surface area contributed by atoms with Crippen LogP contribution in [-0.2, 0) is 4.79 Å². The molecule has 3 aromatic rings. The maximum Gasteiger partial charge on any atom is 0.322 e. The van der Waals surface area contributed by atoms with Gasteiger partial charge in [0.15, 0.2) is 5.16 Å². The molecule has 0 aliphatic heterocycles. The topological polar surface area (TPSA) is 103 Å². The molecule has 158 valence electrons. The lowest BCUT2D eigenvalue weighted by Crippen LogP contribution is -2.35. The van der Waals surface area contributed by atoms with Crippen LogP contribution in [0.2, 0.25) is 0 Å². The number of aromatic nitrogens is 4. The van der Waals surface area contributed by atoms with Crippen LogP contribution >= 0.6 is 11.8 Å². The SMILES string of the molecule is Cc1nnc(NC(=O)CSc2nc3ccccc3c(=O)n2C2CCCC(C)C2C)o1. The van der Waals surface area contributed by atoms with Crippen LogP contribution in [0.1, 0.15) is 45.0 Å². The summed E-state index contributed by atoms with van der Waals surface area (Å²) in [6, 6.07) is 7.51. The summed E-state index contributed by atoms with van der Waals surface area (Å²) in [5, 5.41) is 11.2. The van der Waals surface area contributed by atoms with Crippen LogP contribution in [-0.4, -0.2) is 31.4 Å². The van der Waals surface area contributed by atoms with Crippen LogP contribution in [0.4, 0.5) is 6.01 Å². The van der Waals surface area contributed by atoms with Crippen molar-refractivity contribution in [3.8, 4) is 0 Å². The normalized spacial score (nSPS) is 21.6. The Morgan fingerprint density at radius 2 is 2.07 bits per heavy atom. The number of carbonyl (C=O) groups is 1. The Kier molecular flexibility index (Phi) is 5.90. The second kappa shape index (κ2) is 8.59. The lowest BCUT2D eigenvalue weighted by Gasteiger charge is -2.36. The van der Waals surface area contributed by atoms with E-state index in [1.807, 2.05) is 28.8 Å². The Hall–Kier alpha value is -2.68. The van der Waals surface area contributed by atoms with Crippen LogP contribution in [0.5, 0.6) is 0 Å². The zero-order chi connectivity index (χ0) is 21.3. The number of rotatable bonds is 5. The molecule has 0 radical (unpaired) electrons. The molecule has 0 bridgehead atoms. The van der Waals surface area contributed by atoms with E-state index in [2.05, 4.69) is 29.4 Å². The molecule has 1 fully saturated rings. The molecule has 1 saturated carbocycles. The smallest absolute Gasteiger partial charge is 0.322 e. The van der Waals surface area contributed by atoms with Crippen molar-refractivity contribution in [3.63, 3.8) is 0 Å². The Balaban J connectivity index is 1.65. The number of carbonyl (C=O) groups excluding carboxylic acids is 1. The van der Waals surface area contributed by atoms with Crippen molar-refractivity contribution >= 4 is 34.6 Å². The molecule has 30 heavy (non-hydrogen) atoms. The van der Waals surface area contributed by atoms with Gasteiger partial charge in [-0.15, -0.1) is 5.10 Å². The van der Waals surface area contributed by atoms with Crippen molar-refractivity contribution in [2.24, 2.45) is 11.8 Å². The van der Waals surface area contributed by atoms with E-state index in [0.717, 1.165) is 12.8 Å². The highest BCUT2D eigenvalue weighted by Crippen LogP contribution is 2.38. The maximum absolute atomic E-state index is 13.4. The van der Waals surface area contributed by atoms with E-state index in [1.165, 1.54) is 18.2 Å². The third kappa shape index (κ3) is 4.12. The van der Waals surface area contributed by atoms with E-state index in [1.54, 1.807) is 6.92 Å². The van der Waals surface area contributed by atoms with Crippen molar-refractivity contribution in [1.29, 1.82) is 0 Å². The predicted molar refractivity (Wildman–Crippen MR) is 116 cm³/mol. The quantitative estimate of drug-likeness (QED) is 0.488. The lowest BCUT2D eigenvalue weighted by molar-refractivity contribution is -0.113. The number of hydrogen-bond acceptors (Lipinski definition) is 7. The van der Waals surface area contributed by atoms with Crippen LogP contribution < -0.4 is 10.9 Å². The van der Waals surface area contributed by atoms with Gasteiger partial charge in [0.2, 0.25) is 11.8 Å². The number of hydrogen-bond donors (Lipinski definition) is 1. The van der Waals surface area contributed by atoms with E-state index in [0.29, 0.717) is 33.8 Å². The third-order valence-corrected chi connectivity index (χ3v) is 6.83. The van der Waals surface area contributed by atoms with Crippen molar-refractivity contribution in [2.45, 2.75) is 51.2 Å². The number of anilines is 1. The summed E-state index contributed by atoms with van der Waals surface area (Å²) in [4.78, 5) is 30.5. The molecule has 0 spiro atoms. The van der Waals surface area contributed by atoms with Crippen molar-refractivity contribution < 1.29 is 9.21 Å². The molecule has 1 N–H and O–H groups in total. The number of nitrogens with zero attached hydrogens (tertiary/aromatic N) is 4. The summed E-state index contributed by atoms with van der Waals surface area (Å²) in [6.07, 6.45) is 3.19. The van der Waals surface area contributed by atoms with Crippen LogP contribution in [0.15, 0.2) is 38.6 Å². The van der Waals surface area contributed by atoms with Gasteiger partial charge in [-0.25, -0.2) is 4.98 Å². The minimum atomic E-state index is -0.289. The molecule has 2 heterocycles. The Morgan fingerprint density at radius 3 is 2.83 bits per heavy atom. The average Bonchev–Trinajstić information content (AvgIpc) is 3.13. The molecule has 4 rings (SSSR count). The monoisotopic (exact) mass is 427 g/mol. The first kappa shape index (κ1) is 20.6. The number of aryl methyl sites for hydroxylation is 1. The zero-order valence-corrected chi connectivity index (χ0v) is 18.1. The second-order valence-electron chi connectivity index (χ2n) is 7.88. The first-order valence-corrected chi connectivity index (χ1v) is 11.2. The van der Waals surface area contributed by atoms with Gasteiger partial charge in [0.25, 0.3) is 5.56 Å². The number of thioether (sulfide) groups is 1. The van der Waals surface area contributed by atoms with Gasteiger partial charge in [-0.2, -0.15) is 0 Å². The molecule has 3 atom stereocenters. The molecule has 0 saturated heterocycles. The van der Waals surface area contributed by atoms with Gasteiger partial charge in [0.1, 0.15) is 0 Å². The van der Waals surface area contributed by atoms with Gasteiger partial charge in [-0.05, 0) is 30.4 Å². The van der Waals surface area contributed by atoms with E-state index in [-0.39, 0.29) is 29.3 Å². The van der Waals surface area contributed by atoms with Crippen molar-refractivity contribution in [1.82, 2.24) is 19.7 Å². The van der Waals surface area contributed by atoms with E-state index < -0.39 is 0 Å². The largest absolute Gasteiger partial charge is 0.408 e. The number of amides is 1. The Morgan fingerprint density at radius 1 is 1.27 bits per heavy atom. The molecular formula is C21H25N5O3S. The highest BCUT2D eigenvalue weighted by molar-refractivity contribution is 7.99. The third-order valence-electron chi connectivity index (χ3n) is 5.88. The summed E-state index contributed by atoms with van der Waals surface area (Å²) in [5.41, 5.74) is 0.604. The van der Waals surface area contributed by atoms with E-state index in [9.17, 15) is 9.59 Å². The first-order chi connectivity index (χ1) is 14.4. The highest BCUT2D eigenvalue weighted by Gasteiger charge is 2.31. The van der Waals surface area contributed by atoms with Crippen LogP contribution in [0.25, 0.3) is 10.9 Å². The Bertz CT molecular complexity index is 1130. The molecule has 1 aliphatic rings. The second-order valence-corrected chi connectivity index (χ2v) is 8.83. The fraction of sp³-hybridized carbons (Fsp3) is 0.476. The van der Waals surface area contributed by atoms with Crippen molar-refractivity contribution in [3.05, 3.63) is 40.5 Å². The summed E-state index contributed by atoms with van der Waals surface area (Å²) in [6.45, 7) is 6.10. The minimum absolute atomic E-state index is 0.0398. The standard InChI is InChI=1S/C21H25N5O3S/c1-12-7-6-10-17(13(12)2)26-19(28)15-8-4-5-9-16(15)22-21(26)30-11-18(27)23-20-25-24-14(3)29-20/h4-5,8-9,12-13,17H,6-7,10-11H2,1-3H3,(H,23,25,27). The number of benzene rings is 1. The van der Waals surface area contributed by atoms with Gasteiger partial charge in [0, 0.05) is 13.0 Å². The van der Waals surface area contributed by atoms with Crippen LogP contribution in [0, 0.1) is 18.8 Å². The lowest BCUT2D eigenvalue weighted by atomic mass is 9.78. The number of nitrogens with one attached hydrogen (secondary N) is 1. The highest BCUT2D eigenvalue weighted by atomic mass is 32.2. The zero-order valence-electron chi connectivity index (χ0n) is 17.3. The first-order valence-electron chi connectivity index (χ1n) is 10.2. The Labute approximate surface area is 178 Å². The van der Waals surface area contributed by atoms with E-state index in [4.69, 9.17) is 9.40 Å². The van der Waals surface area contributed by atoms with E-state index >= 15 is 0 Å². The summed E-state index contributed by atoms with van der Waals surface area (Å²) in [5.74, 6) is 1.06. The van der Waals surface area contributed by atoms with Gasteiger partial charge in [0.05, 0.1) is 16.7 Å². The number of fused-ring (bicyclic) bond motifs is 1. The summed E-state index contributed by atoms with van der Waals surface area (Å²) in [7, 11) is 0.